The summed E-state index contributed by atoms with van der Waals surface area (Å²) in [5.74, 6) is -0.318. The number of hydrogen-bond acceptors (Lipinski definition) is 4. The van der Waals surface area contributed by atoms with Gasteiger partial charge < -0.3 is 15.0 Å². The van der Waals surface area contributed by atoms with Gasteiger partial charge in [-0.1, -0.05) is 36.4 Å². The molecule has 1 N–H and O–H groups in total. The number of benzene rings is 1. The minimum absolute atomic E-state index is 0.0662. The van der Waals surface area contributed by atoms with Crippen molar-refractivity contribution in [1.29, 1.82) is 0 Å². The number of aromatic nitrogens is 1. The van der Waals surface area contributed by atoms with Gasteiger partial charge in [0.2, 0.25) is 5.91 Å². The van der Waals surface area contributed by atoms with Crippen LogP contribution < -0.4 is 5.32 Å². The molecule has 27 heavy (non-hydrogen) atoms. The van der Waals surface area contributed by atoms with Crippen LogP contribution >= 0.6 is 0 Å². The van der Waals surface area contributed by atoms with E-state index < -0.39 is 0 Å². The highest BCUT2D eigenvalue weighted by Gasteiger charge is 2.30. The van der Waals surface area contributed by atoms with Gasteiger partial charge in [-0.15, -0.1) is 0 Å². The molecule has 2 unspecified atom stereocenters. The van der Waals surface area contributed by atoms with Crippen LogP contribution in [-0.2, 0) is 9.53 Å². The lowest BCUT2D eigenvalue weighted by molar-refractivity contribution is -0.127. The van der Waals surface area contributed by atoms with Gasteiger partial charge in [0.15, 0.2) is 0 Å². The number of rotatable bonds is 5. The van der Waals surface area contributed by atoms with Crippen molar-refractivity contribution in [3.63, 3.8) is 0 Å². The van der Waals surface area contributed by atoms with E-state index in [0.717, 1.165) is 24.1 Å². The fourth-order valence-electron chi connectivity index (χ4n) is 3.35. The maximum absolute atomic E-state index is 13.0. The smallest absolute Gasteiger partial charge is 0.409 e. The van der Waals surface area contributed by atoms with E-state index in [2.05, 4.69) is 10.3 Å². The summed E-state index contributed by atoms with van der Waals surface area (Å²) in [6.45, 7) is 3.13. The lowest BCUT2D eigenvalue weighted by Crippen LogP contribution is -2.46. The highest BCUT2D eigenvalue weighted by Crippen LogP contribution is 2.23. The van der Waals surface area contributed by atoms with Gasteiger partial charge in [0.05, 0.1) is 24.3 Å². The van der Waals surface area contributed by atoms with Crippen molar-refractivity contribution in [3.8, 4) is 0 Å². The Morgan fingerprint density at radius 1 is 1.22 bits per heavy atom. The Balaban J connectivity index is 1.74. The molecule has 2 aromatic rings. The summed E-state index contributed by atoms with van der Waals surface area (Å²) in [6.07, 6.45) is 2.92. The summed E-state index contributed by atoms with van der Waals surface area (Å²) in [4.78, 5) is 31.0. The van der Waals surface area contributed by atoms with Crippen molar-refractivity contribution in [2.45, 2.75) is 25.8 Å². The van der Waals surface area contributed by atoms with Crippen LogP contribution in [0.25, 0.3) is 0 Å². The third-order valence-corrected chi connectivity index (χ3v) is 4.72. The molecule has 1 saturated heterocycles. The van der Waals surface area contributed by atoms with Crippen molar-refractivity contribution in [1.82, 2.24) is 15.2 Å². The second-order valence-corrected chi connectivity index (χ2v) is 6.59. The largest absolute Gasteiger partial charge is 0.450 e. The Labute approximate surface area is 159 Å². The summed E-state index contributed by atoms with van der Waals surface area (Å²) in [5.41, 5.74) is 1.76. The van der Waals surface area contributed by atoms with Gasteiger partial charge in [0.1, 0.15) is 0 Å². The van der Waals surface area contributed by atoms with Crippen molar-refractivity contribution in [2.24, 2.45) is 5.92 Å². The molecule has 0 radical (unpaired) electrons. The Morgan fingerprint density at radius 2 is 2.00 bits per heavy atom. The molecule has 1 aliphatic rings. The standard InChI is InChI=1S/C21H25N3O3/c1-2-27-21(26)24-14-8-11-17(15-24)20(25)23-19(16-9-4-3-5-10-16)18-12-6-7-13-22-18/h3-7,9-10,12-13,17,19H,2,8,11,14-15H2,1H3,(H,23,25). The Morgan fingerprint density at radius 3 is 2.70 bits per heavy atom. The van der Waals surface area contributed by atoms with Gasteiger partial charge >= 0.3 is 6.09 Å². The van der Waals surface area contributed by atoms with Crippen LogP contribution in [0.15, 0.2) is 54.7 Å². The summed E-state index contributed by atoms with van der Waals surface area (Å²) in [7, 11) is 0. The van der Waals surface area contributed by atoms with Gasteiger partial charge in [-0.2, -0.15) is 0 Å². The number of ether oxygens (including phenoxy) is 1. The number of piperidine rings is 1. The van der Waals surface area contributed by atoms with E-state index in [4.69, 9.17) is 4.74 Å². The lowest BCUT2D eigenvalue weighted by Gasteiger charge is -2.32. The van der Waals surface area contributed by atoms with Crippen LogP contribution in [0.4, 0.5) is 4.79 Å². The van der Waals surface area contributed by atoms with E-state index in [1.54, 1.807) is 18.0 Å². The van der Waals surface area contributed by atoms with Crippen molar-refractivity contribution in [2.75, 3.05) is 19.7 Å². The van der Waals surface area contributed by atoms with E-state index in [0.29, 0.717) is 19.7 Å². The number of amides is 2. The second-order valence-electron chi connectivity index (χ2n) is 6.59. The molecule has 0 aliphatic carbocycles. The first-order valence-electron chi connectivity index (χ1n) is 9.37. The molecule has 1 aromatic heterocycles. The summed E-state index contributed by atoms with van der Waals surface area (Å²) in [5, 5.41) is 3.13. The predicted molar refractivity (Wildman–Crippen MR) is 102 cm³/mol. The molecule has 1 aromatic carbocycles. The Bertz CT molecular complexity index is 712. The predicted octanol–water partition coefficient (Wildman–Crippen LogP) is 3.16. The van der Waals surface area contributed by atoms with E-state index in [1.165, 1.54) is 0 Å². The van der Waals surface area contributed by atoms with E-state index >= 15 is 0 Å². The maximum atomic E-state index is 13.0. The zero-order valence-electron chi connectivity index (χ0n) is 15.5. The van der Waals surface area contributed by atoms with Crippen LogP contribution in [0.5, 0.6) is 0 Å². The van der Waals surface area contributed by atoms with E-state index in [-0.39, 0.29) is 24.0 Å². The number of carbonyl (C=O) groups is 2. The van der Waals surface area contributed by atoms with Crippen molar-refractivity contribution < 1.29 is 14.3 Å². The maximum Gasteiger partial charge on any atom is 0.409 e. The zero-order valence-corrected chi connectivity index (χ0v) is 15.5. The fourth-order valence-corrected chi connectivity index (χ4v) is 3.35. The summed E-state index contributed by atoms with van der Waals surface area (Å²) < 4.78 is 5.07. The van der Waals surface area contributed by atoms with Crippen LogP contribution in [0, 0.1) is 5.92 Å². The molecule has 6 heteroatoms. The second kappa shape index (κ2) is 9.16. The molecule has 2 heterocycles. The topological polar surface area (TPSA) is 71.5 Å². The number of hydrogen-bond donors (Lipinski definition) is 1. The summed E-state index contributed by atoms with van der Waals surface area (Å²) in [6, 6.07) is 15.1. The third kappa shape index (κ3) is 4.84. The molecule has 3 rings (SSSR count). The normalized spacial score (nSPS) is 17.8. The average Bonchev–Trinajstić information content (AvgIpc) is 2.73. The number of nitrogens with zero attached hydrogens (tertiary/aromatic N) is 2. The van der Waals surface area contributed by atoms with E-state index in [1.807, 2.05) is 48.5 Å². The van der Waals surface area contributed by atoms with Gasteiger partial charge in [0, 0.05) is 19.3 Å². The third-order valence-electron chi connectivity index (χ3n) is 4.72. The first kappa shape index (κ1) is 18.9. The van der Waals surface area contributed by atoms with Gasteiger partial charge in [-0.25, -0.2) is 4.79 Å². The number of carbonyl (C=O) groups excluding carboxylic acids is 2. The molecule has 0 saturated carbocycles. The first-order valence-corrected chi connectivity index (χ1v) is 9.37. The molecule has 0 bridgehead atoms. The molecule has 1 aliphatic heterocycles. The number of nitrogens with one attached hydrogen (secondary N) is 1. The zero-order chi connectivity index (χ0) is 19.1. The van der Waals surface area contributed by atoms with E-state index in [9.17, 15) is 9.59 Å². The van der Waals surface area contributed by atoms with Gasteiger partial charge in [-0.3, -0.25) is 9.78 Å². The van der Waals surface area contributed by atoms with Crippen molar-refractivity contribution >= 4 is 12.0 Å². The van der Waals surface area contributed by atoms with Gasteiger partial charge in [-0.05, 0) is 37.5 Å². The minimum atomic E-state index is -0.348. The average molecular weight is 367 g/mol. The number of pyridine rings is 1. The monoisotopic (exact) mass is 367 g/mol. The van der Waals surface area contributed by atoms with Crippen LogP contribution in [0.2, 0.25) is 0 Å². The molecule has 0 spiro atoms. The Kier molecular flexibility index (Phi) is 6.41. The lowest BCUT2D eigenvalue weighted by atomic mass is 9.95. The molecule has 6 nitrogen and oxygen atoms in total. The van der Waals surface area contributed by atoms with Crippen molar-refractivity contribution in [3.05, 3.63) is 66.0 Å². The molecular weight excluding hydrogens is 342 g/mol. The van der Waals surface area contributed by atoms with Gasteiger partial charge in [0.25, 0.3) is 0 Å². The Hall–Kier alpha value is -2.89. The molecular formula is C21H25N3O3. The minimum Gasteiger partial charge on any atom is -0.450 e. The van der Waals surface area contributed by atoms with Crippen LogP contribution in [0.1, 0.15) is 37.1 Å². The number of likely N-dealkylation sites (tertiary alicyclic amines) is 1. The molecule has 1 fully saturated rings. The molecule has 142 valence electrons. The fraction of sp³-hybridized carbons (Fsp3) is 0.381. The van der Waals surface area contributed by atoms with Crippen LogP contribution in [0.3, 0.4) is 0 Å². The first-order chi connectivity index (χ1) is 13.2. The SMILES string of the molecule is CCOC(=O)N1CCCC(C(=O)NC(c2ccccc2)c2ccccn2)C1. The summed E-state index contributed by atoms with van der Waals surface area (Å²) >= 11 is 0. The highest BCUT2D eigenvalue weighted by atomic mass is 16.6. The van der Waals surface area contributed by atoms with Crippen LogP contribution in [-0.4, -0.2) is 41.6 Å². The highest BCUT2D eigenvalue weighted by molar-refractivity contribution is 5.80. The quantitative estimate of drug-likeness (QED) is 0.881. The molecule has 2 atom stereocenters. The molecule has 2 amide bonds.